The van der Waals surface area contributed by atoms with E-state index in [-0.39, 0.29) is 0 Å². The van der Waals surface area contributed by atoms with Crippen LogP contribution < -0.4 is 24.3 Å². The Bertz CT molecular complexity index is 4550. The molecule has 0 aliphatic carbocycles. The molecule has 0 aromatic heterocycles. The van der Waals surface area contributed by atoms with E-state index in [4.69, 9.17) is 4.74 Å². The molecule has 14 aromatic carbocycles. The second-order valence-electron chi connectivity index (χ2n) is 23.2. The largest absolute Gasteiger partial charge is 0.497 e. The Morgan fingerprint density at radius 1 is 0.194 bits per heavy atom. The number of hydrogen-bond acceptors (Lipinski definition) is 5. The lowest BCUT2D eigenvalue weighted by atomic mass is 10.0. The van der Waals surface area contributed by atoms with E-state index in [1.807, 2.05) is 12.1 Å². The van der Waals surface area contributed by atoms with Crippen molar-refractivity contribution in [2.45, 2.75) is 6.92 Å². The number of nitrogens with zero attached hydrogens (tertiary/aromatic N) is 4. The Morgan fingerprint density at radius 3 is 0.720 bits per heavy atom. The molecule has 0 aliphatic heterocycles. The second kappa shape index (κ2) is 28.3. The Labute approximate surface area is 548 Å². The maximum absolute atomic E-state index is 5.32. The zero-order chi connectivity index (χ0) is 63.3. The Hall–Kier alpha value is -11.9. The van der Waals surface area contributed by atoms with E-state index >= 15 is 0 Å². The molecule has 0 saturated heterocycles. The first kappa shape index (κ1) is 60.0. The Balaban J connectivity index is 0.000000169. The van der Waals surface area contributed by atoms with Gasteiger partial charge in [-0.3, -0.25) is 0 Å². The van der Waals surface area contributed by atoms with Crippen molar-refractivity contribution in [3.05, 3.63) is 370 Å². The van der Waals surface area contributed by atoms with E-state index in [2.05, 4.69) is 392 Å². The first-order valence-corrected chi connectivity index (χ1v) is 31.6. The second-order valence-corrected chi connectivity index (χ2v) is 23.2. The summed E-state index contributed by atoms with van der Waals surface area (Å²) in [6.07, 6.45) is 0. The summed E-state index contributed by atoms with van der Waals surface area (Å²) in [6.45, 7) is 2.13. The van der Waals surface area contributed by atoms with Crippen molar-refractivity contribution < 1.29 is 4.74 Å². The van der Waals surface area contributed by atoms with Crippen molar-refractivity contribution in [3.63, 3.8) is 0 Å². The summed E-state index contributed by atoms with van der Waals surface area (Å²) in [7, 11) is 5.89. The third kappa shape index (κ3) is 14.1. The predicted molar refractivity (Wildman–Crippen MR) is 395 cm³/mol. The van der Waals surface area contributed by atoms with Crippen LogP contribution in [0.15, 0.2) is 364 Å². The molecule has 0 fully saturated rings. The molecule has 0 saturated carbocycles. The third-order valence-corrected chi connectivity index (χ3v) is 17.1. The van der Waals surface area contributed by atoms with E-state index in [0.29, 0.717) is 0 Å². The molecule has 93 heavy (non-hydrogen) atoms. The average Bonchev–Trinajstić information content (AvgIpc) is 1.52. The molecule has 0 aliphatic rings. The Kier molecular flexibility index (Phi) is 18.2. The molecule has 0 heterocycles. The molecule has 0 unspecified atom stereocenters. The van der Waals surface area contributed by atoms with Crippen LogP contribution in [0.4, 0.5) is 56.9 Å². The number of rotatable bonds is 17. The first-order chi connectivity index (χ1) is 45.8. The minimum atomic E-state index is 0.854. The normalized spacial score (nSPS) is 10.8. The summed E-state index contributed by atoms with van der Waals surface area (Å²) in [6, 6.07) is 129. The van der Waals surface area contributed by atoms with Gasteiger partial charge in [-0.2, -0.15) is 0 Å². The predicted octanol–water partition coefficient (Wildman–Crippen LogP) is 24.2. The zero-order valence-electron chi connectivity index (χ0n) is 52.8. The van der Waals surface area contributed by atoms with Crippen LogP contribution in [0.1, 0.15) is 5.56 Å². The van der Waals surface area contributed by atoms with Gasteiger partial charge in [-0.15, -0.1) is 0 Å². The van der Waals surface area contributed by atoms with Crippen LogP contribution in [0.2, 0.25) is 0 Å². The summed E-state index contributed by atoms with van der Waals surface area (Å²) in [4.78, 5) is 9.10. The third-order valence-electron chi connectivity index (χ3n) is 17.1. The smallest absolute Gasteiger partial charge is 0.119 e. The standard InChI is InChI=1S/C44H36N2O.C44H36N2/c1-45(40-27-29-44(47-2)30-28-40)39-23-19-35(20-24-39)36-21-25-41(26-22-36)46(42-17-9-15-37(31-42)33-11-5-3-6-12-33)43-18-10-16-38(32-43)34-13-7-4-8-14-34;1-33-12-9-19-42(30-33)45(2)40-26-22-36(23-27-40)37-24-28-41(29-25-37)46(43-20-10-17-38(31-43)34-13-5-3-6-14-34)44-21-11-18-39(32-44)35-15-7-4-8-16-35/h3-32H,1-2H3;3-32H,1-2H3. The lowest BCUT2D eigenvalue weighted by Crippen LogP contribution is -2.10. The molecule has 0 amide bonds. The van der Waals surface area contributed by atoms with Crippen LogP contribution in [0.25, 0.3) is 66.8 Å². The van der Waals surface area contributed by atoms with Gasteiger partial charge < -0.3 is 24.3 Å². The monoisotopic (exact) mass is 1200 g/mol. The van der Waals surface area contributed by atoms with Gasteiger partial charge >= 0.3 is 0 Å². The zero-order valence-corrected chi connectivity index (χ0v) is 52.8. The maximum atomic E-state index is 5.32. The van der Waals surface area contributed by atoms with E-state index in [1.165, 1.54) is 78.0 Å². The van der Waals surface area contributed by atoms with Gasteiger partial charge in [-0.1, -0.05) is 231 Å². The van der Waals surface area contributed by atoms with E-state index in [0.717, 1.165) is 56.9 Å². The lowest BCUT2D eigenvalue weighted by molar-refractivity contribution is 0.415. The number of aryl methyl sites for hydroxylation is 1. The van der Waals surface area contributed by atoms with Crippen LogP contribution in [0, 0.1) is 6.92 Å². The number of ether oxygens (including phenoxy) is 1. The van der Waals surface area contributed by atoms with Crippen LogP contribution in [0.5, 0.6) is 5.75 Å². The summed E-state index contributed by atoms with van der Waals surface area (Å²) >= 11 is 0. The molecule has 5 heteroatoms. The van der Waals surface area contributed by atoms with E-state index < -0.39 is 0 Å². The van der Waals surface area contributed by atoms with Gasteiger partial charge in [0.1, 0.15) is 5.75 Å². The van der Waals surface area contributed by atoms with Crippen LogP contribution in [-0.4, -0.2) is 21.2 Å². The number of hydrogen-bond donors (Lipinski definition) is 0. The molecule has 0 radical (unpaired) electrons. The van der Waals surface area contributed by atoms with Gasteiger partial charge in [0.2, 0.25) is 0 Å². The van der Waals surface area contributed by atoms with Crippen LogP contribution in [0.3, 0.4) is 0 Å². The van der Waals surface area contributed by atoms with Gasteiger partial charge in [0.25, 0.3) is 0 Å². The van der Waals surface area contributed by atoms with Crippen molar-refractivity contribution in [1.82, 2.24) is 0 Å². The highest BCUT2D eigenvalue weighted by molar-refractivity contribution is 5.86. The molecule has 450 valence electrons. The van der Waals surface area contributed by atoms with Gasteiger partial charge in [0, 0.05) is 71.0 Å². The highest BCUT2D eigenvalue weighted by Gasteiger charge is 2.18. The molecule has 0 bridgehead atoms. The van der Waals surface area contributed by atoms with Crippen LogP contribution >= 0.6 is 0 Å². The SMILES string of the molecule is COc1ccc(N(C)c2ccc(-c3ccc(N(c4cccc(-c5ccccc5)c4)c4cccc(-c5ccccc5)c4)cc3)cc2)cc1.Cc1cccc(N(C)c2ccc(-c3ccc(N(c4cccc(-c5ccccc5)c4)c4cccc(-c5ccccc5)c4)cc3)cc2)c1. The molecule has 5 nitrogen and oxygen atoms in total. The quantitative estimate of drug-likeness (QED) is 0.0904. The molecular formula is C88H72N4O. The molecule has 14 aromatic rings. The van der Waals surface area contributed by atoms with Gasteiger partial charge in [0.15, 0.2) is 0 Å². The van der Waals surface area contributed by atoms with Gasteiger partial charge in [-0.05, 0) is 213 Å². The fourth-order valence-electron chi connectivity index (χ4n) is 12.0. The van der Waals surface area contributed by atoms with Crippen molar-refractivity contribution >= 4 is 56.9 Å². The first-order valence-electron chi connectivity index (χ1n) is 31.6. The Morgan fingerprint density at radius 2 is 0.430 bits per heavy atom. The lowest BCUT2D eigenvalue weighted by Gasteiger charge is -2.27. The highest BCUT2D eigenvalue weighted by Crippen LogP contribution is 2.42. The van der Waals surface area contributed by atoms with Crippen molar-refractivity contribution in [2.75, 3.05) is 40.8 Å². The average molecular weight is 1200 g/mol. The minimum Gasteiger partial charge on any atom is -0.497 e. The molecule has 14 rings (SSSR count). The number of anilines is 10. The van der Waals surface area contributed by atoms with Crippen molar-refractivity contribution in [1.29, 1.82) is 0 Å². The fraction of sp³-hybridized carbons (Fsp3) is 0.0455. The summed E-state index contributed by atoms with van der Waals surface area (Å²) in [5.41, 5.74) is 26.7. The topological polar surface area (TPSA) is 22.2 Å². The molecule has 0 atom stereocenters. The van der Waals surface area contributed by atoms with Crippen LogP contribution in [-0.2, 0) is 0 Å². The van der Waals surface area contributed by atoms with Crippen molar-refractivity contribution in [3.8, 4) is 72.5 Å². The molecule has 0 spiro atoms. The molecular weight excluding hydrogens is 1130 g/mol. The highest BCUT2D eigenvalue weighted by atomic mass is 16.5. The maximum Gasteiger partial charge on any atom is 0.119 e. The van der Waals surface area contributed by atoms with Gasteiger partial charge in [-0.25, -0.2) is 0 Å². The summed E-state index contributed by atoms with van der Waals surface area (Å²) < 4.78 is 5.32. The molecule has 0 N–H and O–H groups in total. The van der Waals surface area contributed by atoms with E-state index in [9.17, 15) is 0 Å². The van der Waals surface area contributed by atoms with E-state index in [1.54, 1.807) is 7.11 Å². The fourth-order valence-corrected chi connectivity index (χ4v) is 12.0. The number of methoxy groups -OCH3 is 1. The van der Waals surface area contributed by atoms with Gasteiger partial charge in [0.05, 0.1) is 7.11 Å². The summed E-state index contributed by atoms with van der Waals surface area (Å²) in [5, 5.41) is 0. The van der Waals surface area contributed by atoms with Crippen molar-refractivity contribution in [2.24, 2.45) is 0 Å². The minimum absolute atomic E-state index is 0.854. The number of benzene rings is 14. The summed E-state index contributed by atoms with van der Waals surface area (Å²) in [5.74, 6) is 0.854.